The molecule has 1 rings (SSSR count). The van der Waals surface area contributed by atoms with Gasteiger partial charge >= 0.3 is 0 Å². The summed E-state index contributed by atoms with van der Waals surface area (Å²) < 4.78 is 16.6. The van der Waals surface area contributed by atoms with Gasteiger partial charge in [-0.3, -0.25) is 0 Å². The molecule has 0 aromatic carbocycles. The molecule has 0 radical (unpaired) electrons. The van der Waals surface area contributed by atoms with Crippen molar-refractivity contribution in [2.45, 2.75) is 52.9 Å². The molecule has 1 aromatic rings. The molecular weight excluding hydrogens is 242 g/mol. The third kappa shape index (κ3) is 7.35. The van der Waals surface area contributed by atoms with Crippen LogP contribution in [0.3, 0.4) is 0 Å². The van der Waals surface area contributed by atoms with Gasteiger partial charge in [-0.15, -0.1) is 0 Å². The van der Waals surface area contributed by atoms with Gasteiger partial charge in [0.2, 0.25) is 0 Å². The minimum absolute atomic E-state index is 0.108. The van der Waals surface area contributed by atoms with E-state index < -0.39 is 0 Å². The van der Waals surface area contributed by atoms with Crippen LogP contribution >= 0.6 is 0 Å². The topological polar surface area (TPSA) is 43.6 Å². The fourth-order valence-electron chi connectivity index (χ4n) is 1.62. The average Bonchev–Trinajstić information content (AvgIpc) is 2.75. The van der Waals surface area contributed by atoms with E-state index in [1.807, 2.05) is 26.8 Å². The molecule has 1 N–H and O–H groups in total. The summed E-state index contributed by atoms with van der Waals surface area (Å²) in [6.45, 7) is 11.8. The maximum atomic E-state index is 5.59. The summed E-state index contributed by atoms with van der Waals surface area (Å²) in [6, 6.07) is 1.99. The monoisotopic (exact) mass is 269 g/mol. The second-order valence-electron chi connectivity index (χ2n) is 5.56. The second-order valence-corrected chi connectivity index (χ2v) is 5.56. The number of ether oxygens (including phenoxy) is 2. The summed E-state index contributed by atoms with van der Waals surface area (Å²) in [7, 11) is 0. The van der Waals surface area contributed by atoms with Crippen molar-refractivity contribution < 1.29 is 13.9 Å². The highest BCUT2D eigenvalue weighted by molar-refractivity contribution is 5.16. The highest BCUT2D eigenvalue weighted by atomic mass is 16.5. The first kappa shape index (κ1) is 16.2. The van der Waals surface area contributed by atoms with Gasteiger partial charge < -0.3 is 19.2 Å². The maximum Gasteiger partial charge on any atom is 0.133 e. The van der Waals surface area contributed by atoms with Gasteiger partial charge in [0.1, 0.15) is 12.4 Å². The van der Waals surface area contributed by atoms with E-state index in [0.717, 1.165) is 25.3 Å². The number of hydrogen-bond donors (Lipinski definition) is 1. The zero-order valence-electron chi connectivity index (χ0n) is 12.6. The van der Waals surface area contributed by atoms with Crippen molar-refractivity contribution in [2.75, 3.05) is 19.8 Å². The third-order valence-electron chi connectivity index (χ3n) is 2.58. The fourth-order valence-corrected chi connectivity index (χ4v) is 1.62. The molecule has 110 valence electrons. The van der Waals surface area contributed by atoms with Gasteiger partial charge in [0, 0.05) is 12.1 Å². The van der Waals surface area contributed by atoms with Crippen molar-refractivity contribution >= 4 is 0 Å². The van der Waals surface area contributed by atoms with E-state index in [-0.39, 0.29) is 5.60 Å². The van der Waals surface area contributed by atoms with Crippen molar-refractivity contribution in [3.8, 4) is 0 Å². The standard InChI is InChI=1S/C15H27NO3/c1-5-7-16-11-13-6-8-18-14(13)12-17-9-10-19-15(2,3)4/h6,8,16H,5,7,9-12H2,1-4H3. The molecule has 19 heavy (non-hydrogen) atoms. The number of hydrogen-bond acceptors (Lipinski definition) is 4. The maximum absolute atomic E-state index is 5.59. The molecule has 1 aromatic heterocycles. The second kappa shape index (κ2) is 8.35. The van der Waals surface area contributed by atoms with E-state index in [4.69, 9.17) is 13.9 Å². The lowest BCUT2D eigenvalue weighted by molar-refractivity contribution is -0.0395. The lowest BCUT2D eigenvalue weighted by Gasteiger charge is -2.19. The van der Waals surface area contributed by atoms with Gasteiger partial charge in [0.05, 0.1) is 25.1 Å². The first-order chi connectivity index (χ1) is 9.03. The molecule has 0 aliphatic rings. The molecule has 4 nitrogen and oxygen atoms in total. The van der Waals surface area contributed by atoms with Gasteiger partial charge in [-0.25, -0.2) is 0 Å². The molecule has 0 saturated heterocycles. The summed E-state index contributed by atoms with van der Waals surface area (Å²) in [4.78, 5) is 0. The van der Waals surface area contributed by atoms with E-state index in [0.29, 0.717) is 19.8 Å². The zero-order chi connectivity index (χ0) is 14.1. The molecule has 0 saturated carbocycles. The van der Waals surface area contributed by atoms with Crippen LogP contribution in [-0.4, -0.2) is 25.4 Å². The van der Waals surface area contributed by atoms with E-state index in [9.17, 15) is 0 Å². The Kier molecular flexibility index (Phi) is 7.13. The SMILES string of the molecule is CCCNCc1ccoc1COCCOC(C)(C)C. The molecule has 0 atom stereocenters. The molecule has 4 heteroatoms. The lowest BCUT2D eigenvalue weighted by atomic mass is 10.2. The van der Waals surface area contributed by atoms with Crippen LogP contribution in [0.15, 0.2) is 16.7 Å². The fraction of sp³-hybridized carbons (Fsp3) is 0.733. The van der Waals surface area contributed by atoms with E-state index in [1.165, 1.54) is 5.56 Å². The summed E-state index contributed by atoms with van der Waals surface area (Å²) in [5, 5.41) is 3.36. The number of furan rings is 1. The van der Waals surface area contributed by atoms with Crippen LogP contribution in [0.2, 0.25) is 0 Å². The van der Waals surface area contributed by atoms with Crippen molar-refractivity contribution in [1.29, 1.82) is 0 Å². The first-order valence-electron chi connectivity index (χ1n) is 7.00. The van der Waals surface area contributed by atoms with Crippen molar-refractivity contribution in [2.24, 2.45) is 0 Å². The van der Waals surface area contributed by atoms with Crippen LogP contribution in [0.5, 0.6) is 0 Å². The van der Waals surface area contributed by atoms with Crippen LogP contribution in [0, 0.1) is 0 Å². The normalized spacial score (nSPS) is 12.0. The van der Waals surface area contributed by atoms with Gasteiger partial charge in [-0.1, -0.05) is 6.92 Å². The highest BCUT2D eigenvalue weighted by Crippen LogP contribution is 2.12. The Balaban J connectivity index is 2.20. The quantitative estimate of drug-likeness (QED) is 0.700. The van der Waals surface area contributed by atoms with Gasteiger partial charge in [-0.05, 0) is 39.8 Å². The van der Waals surface area contributed by atoms with Crippen LogP contribution in [0.4, 0.5) is 0 Å². The molecule has 0 bridgehead atoms. The smallest absolute Gasteiger partial charge is 0.133 e. The largest absolute Gasteiger partial charge is 0.467 e. The number of nitrogens with one attached hydrogen (secondary N) is 1. The summed E-state index contributed by atoms with van der Waals surface area (Å²) in [5.41, 5.74) is 1.06. The average molecular weight is 269 g/mol. The molecule has 0 aliphatic heterocycles. The van der Waals surface area contributed by atoms with Crippen LogP contribution < -0.4 is 5.32 Å². The predicted octanol–water partition coefficient (Wildman–Crippen LogP) is 3.11. The zero-order valence-corrected chi connectivity index (χ0v) is 12.6. The Hall–Kier alpha value is -0.840. The summed E-state index contributed by atoms with van der Waals surface area (Å²) in [5.74, 6) is 0.902. The third-order valence-corrected chi connectivity index (χ3v) is 2.58. The van der Waals surface area contributed by atoms with Gasteiger partial charge in [-0.2, -0.15) is 0 Å². The molecule has 0 fully saturated rings. The minimum atomic E-state index is -0.108. The predicted molar refractivity (Wildman–Crippen MR) is 76.1 cm³/mol. The molecule has 0 aliphatic carbocycles. The Morgan fingerprint density at radius 2 is 2.05 bits per heavy atom. The Morgan fingerprint density at radius 3 is 2.74 bits per heavy atom. The molecular formula is C15H27NO3. The van der Waals surface area contributed by atoms with Gasteiger partial charge in [0.25, 0.3) is 0 Å². The lowest BCUT2D eigenvalue weighted by Crippen LogP contribution is -2.21. The Bertz CT molecular complexity index is 341. The van der Waals surface area contributed by atoms with Crippen LogP contribution in [0.1, 0.15) is 45.4 Å². The Labute approximate surface area is 116 Å². The van der Waals surface area contributed by atoms with E-state index >= 15 is 0 Å². The molecule has 0 amide bonds. The summed E-state index contributed by atoms with van der Waals surface area (Å²) in [6.07, 6.45) is 2.85. The van der Waals surface area contributed by atoms with Crippen molar-refractivity contribution in [1.82, 2.24) is 5.32 Å². The minimum Gasteiger partial charge on any atom is -0.467 e. The van der Waals surface area contributed by atoms with E-state index in [2.05, 4.69) is 12.2 Å². The highest BCUT2D eigenvalue weighted by Gasteiger charge is 2.10. The Morgan fingerprint density at radius 1 is 1.26 bits per heavy atom. The van der Waals surface area contributed by atoms with Crippen molar-refractivity contribution in [3.05, 3.63) is 23.7 Å². The molecule has 0 spiro atoms. The van der Waals surface area contributed by atoms with E-state index in [1.54, 1.807) is 6.26 Å². The number of rotatable bonds is 9. The van der Waals surface area contributed by atoms with Crippen molar-refractivity contribution in [3.63, 3.8) is 0 Å². The molecule has 0 unspecified atom stereocenters. The van der Waals surface area contributed by atoms with Crippen LogP contribution in [-0.2, 0) is 22.6 Å². The summed E-state index contributed by atoms with van der Waals surface area (Å²) >= 11 is 0. The van der Waals surface area contributed by atoms with Crippen LogP contribution in [0.25, 0.3) is 0 Å². The molecule has 1 heterocycles. The first-order valence-corrected chi connectivity index (χ1v) is 7.00. The van der Waals surface area contributed by atoms with Gasteiger partial charge in [0.15, 0.2) is 0 Å².